The molecule has 0 spiro atoms. The van der Waals surface area contributed by atoms with Crippen molar-refractivity contribution in [1.82, 2.24) is 0 Å². The second kappa shape index (κ2) is 24.3. The molecule has 36 heavy (non-hydrogen) atoms. The molecular formula is C30H36Cl4Zr2-3. The largest absolute Gasteiger partial charge is 3.00 e. The Kier molecular flexibility index (Phi) is 29.1. The Hall–Kier alpha value is 0.196. The van der Waals surface area contributed by atoms with Crippen LogP contribution >= 0.6 is 17.0 Å². The number of rotatable bonds is 1. The molecule has 0 amide bonds. The van der Waals surface area contributed by atoms with E-state index in [4.69, 9.17) is 17.0 Å². The van der Waals surface area contributed by atoms with Crippen LogP contribution in [0.5, 0.6) is 0 Å². The van der Waals surface area contributed by atoms with Gasteiger partial charge in [-0.05, 0) is 62.8 Å². The molecule has 2 aromatic carbocycles. The van der Waals surface area contributed by atoms with Gasteiger partial charge >= 0.3 is 64.1 Å². The van der Waals surface area contributed by atoms with Crippen molar-refractivity contribution >= 4 is 27.8 Å². The summed E-state index contributed by atoms with van der Waals surface area (Å²) in [7, 11) is 9.87. The van der Waals surface area contributed by atoms with Crippen molar-refractivity contribution in [2.24, 2.45) is 0 Å². The minimum absolute atomic E-state index is 0. The fourth-order valence-electron chi connectivity index (χ4n) is 3.71. The van der Waals surface area contributed by atoms with Crippen LogP contribution in [0.1, 0.15) is 47.0 Å². The van der Waals surface area contributed by atoms with Gasteiger partial charge in [-0.15, -0.1) is 36.1 Å². The molecular weight excluding hydrogens is 685 g/mol. The molecule has 0 heterocycles. The van der Waals surface area contributed by atoms with Crippen molar-refractivity contribution in [2.45, 2.75) is 47.0 Å². The number of benzene rings is 1. The summed E-state index contributed by atoms with van der Waals surface area (Å²) >= 11 is -0.826. The normalized spacial score (nSPS) is 13.9. The van der Waals surface area contributed by atoms with E-state index >= 15 is 0 Å². The Morgan fingerprint density at radius 1 is 0.833 bits per heavy atom. The first-order valence-electron chi connectivity index (χ1n) is 10.5. The van der Waals surface area contributed by atoms with Gasteiger partial charge in [0.15, 0.2) is 0 Å². The molecule has 0 aromatic heterocycles. The van der Waals surface area contributed by atoms with Crippen molar-refractivity contribution in [2.75, 3.05) is 0 Å². The number of hydrogen-bond acceptors (Lipinski definition) is 0. The van der Waals surface area contributed by atoms with E-state index in [1.807, 2.05) is 12.2 Å². The molecule has 2 aromatic rings. The maximum absolute atomic E-state index is 4.93. The van der Waals surface area contributed by atoms with Gasteiger partial charge < -0.3 is 39.7 Å². The summed E-state index contributed by atoms with van der Waals surface area (Å²) in [6.45, 7) is 8.94. The third-order valence-corrected chi connectivity index (χ3v) is 5.81. The minimum atomic E-state index is -0.826. The van der Waals surface area contributed by atoms with Crippen molar-refractivity contribution < 1.29 is 71.9 Å². The average molecular weight is 721 g/mol. The standard InChI is InChI=1S/C14H18.C9H7.C5H5.2CH3.4ClH.2Zr/c1-9-5-7-13(11(9)3)14-8-6-10(2)12(14)4;1-2-5-9-7-3-6-8(9)4-1;1-2-4-5-3-1;;;;;;;;/h5-6H,7-8H2,1-4H3;1-7H;1-3H,4H2;2*1H3;4*1H;;/q;4*-1;;;;;+2;+3/p-4. The summed E-state index contributed by atoms with van der Waals surface area (Å²) in [6.07, 6.45) is 17.0. The van der Waals surface area contributed by atoms with E-state index in [-0.39, 0.29) is 65.9 Å². The summed E-state index contributed by atoms with van der Waals surface area (Å²) in [5.41, 5.74) is 9.08. The molecule has 1 radical (unpaired) electrons. The Morgan fingerprint density at radius 2 is 1.33 bits per heavy atom. The maximum Gasteiger partial charge on any atom is 3.00 e. The van der Waals surface area contributed by atoms with E-state index < -0.39 is 20.8 Å². The van der Waals surface area contributed by atoms with Crippen molar-refractivity contribution in [3.63, 3.8) is 0 Å². The van der Waals surface area contributed by atoms with Crippen LogP contribution in [0.25, 0.3) is 10.8 Å². The molecule has 0 bridgehead atoms. The van der Waals surface area contributed by atoms with Crippen molar-refractivity contribution in [1.29, 1.82) is 0 Å². The van der Waals surface area contributed by atoms with E-state index in [0.29, 0.717) is 0 Å². The predicted molar refractivity (Wildman–Crippen MR) is 148 cm³/mol. The van der Waals surface area contributed by atoms with Gasteiger partial charge in [-0.1, -0.05) is 29.4 Å². The van der Waals surface area contributed by atoms with Crippen LogP contribution in [0.2, 0.25) is 0 Å². The van der Waals surface area contributed by atoms with Gasteiger partial charge in [0.2, 0.25) is 0 Å². The van der Waals surface area contributed by atoms with Crippen LogP contribution in [0.3, 0.4) is 0 Å². The molecule has 5 rings (SSSR count). The predicted octanol–water partition coefficient (Wildman–Crippen LogP) is 4.47. The molecule has 3 aliphatic rings. The van der Waals surface area contributed by atoms with Crippen molar-refractivity contribution in [3.8, 4) is 0 Å². The molecule has 3 aliphatic carbocycles. The van der Waals surface area contributed by atoms with E-state index in [9.17, 15) is 0 Å². The Labute approximate surface area is 271 Å². The van der Waals surface area contributed by atoms with Crippen LogP contribution in [-0.4, -0.2) is 0 Å². The molecule has 195 valence electrons. The first-order chi connectivity index (χ1) is 15.0. The van der Waals surface area contributed by atoms with Gasteiger partial charge in [0.25, 0.3) is 0 Å². The first-order valence-corrected chi connectivity index (χ1v) is 16.8. The molecule has 0 saturated heterocycles. The van der Waals surface area contributed by atoms with Gasteiger partial charge in [-0.25, -0.2) is 12.2 Å². The molecule has 0 saturated carbocycles. The third-order valence-electron chi connectivity index (χ3n) is 5.81. The molecule has 6 heteroatoms. The molecule has 0 atom stereocenters. The molecule has 0 nitrogen and oxygen atoms in total. The first kappa shape index (κ1) is 43.3. The fourth-order valence-corrected chi connectivity index (χ4v) is 3.71. The van der Waals surface area contributed by atoms with Crippen LogP contribution < -0.4 is 24.8 Å². The smallest absolute Gasteiger partial charge is 0.168 e. The van der Waals surface area contributed by atoms with Gasteiger partial charge in [-0.2, -0.15) is 23.6 Å². The topological polar surface area (TPSA) is 0 Å². The second-order valence-electron chi connectivity index (χ2n) is 7.62. The summed E-state index contributed by atoms with van der Waals surface area (Å²) in [5.74, 6) is 0. The molecule has 0 unspecified atom stereocenters. The van der Waals surface area contributed by atoms with Crippen LogP contribution in [-0.2, 0) is 47.1 Å². The van der Waals surface area contributed by atoms with Gasteiger partial charge in [-0.3, -0.25) is 6.08 Å². The number of halogens is 4. The summed E-state index contributed by atoms with van der Waals surface area (Å²) < 4.78 is 0. The van der Waals surface area contributed by atoms with E-state index in [1.165, 1.54) is 33.1 Å². The van der Waals surface area contributed by atoms with E-state index in [0.717, 1.165) is 19.3 Å². The van der Waals surface area contributed by atoms with Crippen LogP contribution in [0.4, 0.5) is 0 Å². The number of allylic oxidation sites excluding steroid dienone is 12. The van der Waals surface area contributed by atoms with Gasteiger partial charge in [0.05, 0.1) is 0 Å². The summed E-state index contributed by atoms with van der Waals surface area (Å²) in [5, 5.41) is 2.66. The Bertz CT molecular complexity index is 974. The number of hydrogen-bond donors (Lipinski definition) is 0. The van der Waals surface area contributed by atoms with Crippen LogP contribution in [0.15, 0.2) is 106 Å². The van der Waals surface area contributed by atoms with E-state index in [2.05, 4.69) is 94.5 Å². The average Bonchev–Trinajstić information content (AvgIpc) is 3.57. The Morgan fingerprint density at radius 3 is 1.67 bits per heavy atom. The molecule has 0 aliphatic heterocycles. The van der Waals surface area contributed by atoms with Gasteiger partial charge in [0, 0.05) is 0 Å². The van der Waals surface area contributed by atoms with Gasteiger partial charge in [0.1, 0.15) is 0 Å². The monoisotopic (exact) mass is 716 g/mol. The second-order valence-corrected chi connectivity index (χ2v) is 11.4. The minimum Gasteiger partial charge on any atom is -0.168 e. The zero-order chi connectivity index (χ0) is 22.6. The third kappa shape index (κ3) is 13.8. The van der Waals surface area contributed by atoms with Crippen molar-refractivity contribution in [3.05, 3.63) is 127 Å². The SMILES string of the molecule is CC1=CCC(C2=C(C)C(C)=CC2)=C1C.[C-]1=CC=CC1.[CH3-].[CH3-].[Cl-].[Cl-].[Cl][Zr][Cl].[Zr+3].c1ccc2[cH-]ccc2c1. The summed E-state index contributed by atoms with van der Waals surface area (Å²) in [4.78, 5) is 0. The fraction of sp³-hybridized carbons (Fsp3) is 0.233. The maximum atomic E-state index is 4.93. The van der Waals surface area contributed by atoms with Crippen LogP contribution in [0, 0.1) is 20.9 Å². The molecule has 0 fully saturated rings. The Balaban J connectivity index is -0.000000204. The van der Waals surface area contributed by atoms with E-state index in [1.54, 1.807) is 11.1 Å². The number of fused-ring (bicyclic) bond motifs is 1. The summed E-state index contributed by atoms with van der Waals surface area (Å²) in [6, 6.07) is 14.7. The zero-order valence-electron chi connectivity index (χ0n) is 22.1. The zero-order valence-corrected chi connectivity index (χ0v) is 30.0. The molecule has 0 N–H and O–H groups in total. The quantitative estimate of drug-likeness (QED) is 0.382.